The van der Waals surface area contributed by atoms with Crippen molar-refractivity contribution in [2.24, 2.45) is 5.92 Å². The molecule has 0 saturated carbocycles. The van der Waals surface area contributed by atoms with Gasteiger partial charge in [0.2, 0.25) is 11.8 Å². The predicted octanol–water partition coefficient (Wildman–Crippen LogP) is 2.92. The van der Waals surface area contributed by atoms with E-state index >= 15 is 0 Å². The topological polar surface area (TPSA) is 88.9 Å². The van der Waals surface area contributed by atoms with Crippen molar-refractivity contribution in [1.29, 1.82) is 0 Å². The minimum atomic E-state index is -0.468. The number of carbonyl (C=O) groups is 3. The summed E-state index contributed by atoms with van der Waals surface area (Å²) in [6, 6.07) is 9.31. The first-order valence-electron chi connectivity index (χ1n) is 9.19. The standard InChI is InChI=1S/C21H24N2O5/c1-13-17(21(26)27-3)11-16(28-13)12-23(2)19(24)9-8-15-10-14-6-4-5-7-18(14)22-20(15)25/h4-7,11,15H,8-10,12H2,1-3H3,(H,22,25). The zero-order chi connectivity index (χ0) is 20.3. The van der Waals surface area contributed by atoms with Crippen LogP contribution in [0, 0.1) is 12.8 Å². The largest absolute Gasteiger partial charge is 0.465 e. The molecule has 0 spiro atoms. The Bertz CT molecular complexity index is 902. The molecule has 1 atom stereocenters. The van der Waals surface area contributed by atoms with Crippen LogP contribution >= 0.6 is 0 Å². The second-order valence-electron chi connectivity index (χ2n) is 7.01. The van der Waals surface area contributed by atoms with Crippen molar-refractivity contribution < 1.29 is 23.5 Å². The second kappa shape index (κ2) is 8.29. The normalized spacial score (nSPS) is 15.5. The van der Waals surface area contributed by atoms with Crippen molar-refractivity contribution in [3.63, 3.8) is 0 Å². The molecule has 0 aliphatic carbocycles. The maximum Gasteiger partial charge on any atom is 0.341 e. The monoisotopic (exact) mass is 384 g/mol. The van der Waals surface area contributed by atoms with Crippen LogP contribution in [0.3, 0.4) is 0 Å². The Morgan fingerprint density at radius 1 is 1.32 bits per heavy atom. The number of hydrogen-bond acceptors (Lipinski definition) is 5. The average Bonchev–Trinajstić information content (AvgIpc) is 3.05. The summed E-state index contributed by atoms with van der Waals surface area (Å²) in [4.78, 5) is 38.0. The number of fused-ring (bicyclic) bond motifs is 1. The molecule has 1 aromatic heterocycles. The predicted molar refractivity (Wildman–Crippen MR) is 103 cm³/mol. The van der Waals surface area contributed by atoms with Crippen LogP contribution in [0.1, 0.15) is 40.3 Å². The third kappa shape index (κ3) is 4.24. The first-order valence-corrected chi connectivity index (χ1v) is 9.19. The molecule has 2 heterocycles. The van der Waals surface area contributed by atoms with E-state index in [1.165, 1.54) is 12.0 Å². The Morgan fingerprint density at radius 2 is 2.07 bits per heavy atom. The van der Waals surface area contributed by atoms with Gasteiger partial charge in [-0.1, -0.05) is 18.2 Å². The molecule has 0 bridgehead atoms. The molecule has 1 unspecified atom stereocenters. The van der Waals surface area contributed by atoms with E-state index in [1.54, 1.807) is 20.0 Å². The summed E-state index contributed by atoms with van der Waals surface area (Å²) in [6.07, 6.45) is 1.38. The summed E-state index contributed by atoms with van der Waals surface area (Å²) in [5, 5.41) is 2.91. The third-order valence-corrected chi connectivity index (χ3v) is 5.01. The number of furan rings is 1. The molecule has 2 amide bonds. The first kappa shape index (κ1) is 19.7. The molecule has 3 rings (SSSR count). The zero-order valence-electron chi connectivity index (χ0n) is 16.3. The Labute approximate surface area is 163 Å². The number of nitrogens with zero attached hydrogens (tertiary/aromatic N) is 1. The molecule has 0 radical (unpaired) electrons. The van der Waals surface area contributed by atoms with Crippen molar-refractivity contribution in [3.8, 4) is 0 Å². The lowest BCUT2D eigenvalue weighted by molar-refractivity contribution is -0.131. The number of anilines is 1. The number of ether oxygens (including phenoxy) is 1. The van der Waals surface area contributed by atoms with Crippen LogP contribution in [0.4, 0.5) is 5.69 Å². The molecule has 0 fully saturated rings. The van der Waals surface area contributed by atoms with Gasteiger partial charge in [-0.3, -0.25) is 9.59 Å². The number of esters is 1. The van der Waals surface area contributed by atoms with E-state index in [1.807, 2.05) is 24.3 Å². The number of nitrogens with one attached hydrogen (secondary N) is 1. The maximum absolute atomic E-state index is 12.5. The van der Waals surface area contributed by atoms with E-state index in [0.29, 0.717) is 29.9 Å². The molecular formula is C21H24N2O5. The lowest BCUT2D eigenvalue weighted by Crippen LogP contribution is -2.32. The van der Waals surface area contributed by atoms with Crippen LogP contribution < -0.4 is 5.32 Å². The van der Waals surface area contributed by atoms with Crippen molar-refractivity contribution in [3.05, 3.63) is 53.0 Å². The van der Waals surface area contributed by atoms with E-state index in [4.69, 9.17) is 9.15 Å². The number of hydrogen-bond donors (Lipinski definition) is 1. The lowest BCUT2D eigenvalue weighted by atomic mass is 9.89. The van der Waals surface area contributed by atoms with E-state index in [9.17, 15) is 14.4 Å². The summed E-state index contributed by atoms with van der Waals surface area (Å²) < 4.78 is 10.3. The van der Waals surface area contributed by atoms with Gasteiger partial charge in [-0.2, -0.15) is 0 Å². The Morgan fingerprint density at radius 3 is 2.82 bits per heavy atom. The summed E-state index contributed by atoms with van der Waals surface area (Å²) in [6.45, 7) is 1.92. The highest BCUT2D eigenvalue weighted by molar-refractivity contribution is 5.96. The second-order valence-corrected chi connectivity index (χ2v) is 7.01. The molecule has 28 heavy (non-hydrogen) atoms. The number of methoxy groups -OCH3 is 1. The van der Waals surface area contributed by atoms with E-state index in [2.05, 4.69) is 5.32 Å². The van der Waals surface area contributed by atoms with Gasteiger partial charge in [-0.05, 0) is 37.5 Å². The van der Waals surface area contributed by atoms with Crippen molar-refractivity contribution in [1.82, 2.24) is 4.90 Å². The SMILES string of the molecule is COC(=O)c1cc(CN(C)C(=O)CCC2Cc3ccccc3NC2=O)oc1C. The van der Waals surface area contributed by atoms with E-state index in [-0.39, 0.29) is 30.7 Å². The average molecular weight is 384 g/mol. The lowest BCUT2D eigenvalue weighted by Gasteiger charge is -2.25. The van der Waals surface area contributed by atoms with E-state index in [0.717, 1.165) is 11.3 Å². The van der Waals surface area contributed by atoms with Gasteiger partial charge in [0.25, 0.3) is 0 Å². The minimum Gasteiger partial charge on any atom is -0.465 e. The van der Waals surface area contributed by atoms with Crippen molar-refractivity contribution in [2.45, 2.75) is 32.7 Å². The molecule has 7 nitrogen and oxygen atoms in total. The Balaban J connectivity index is 1.55. The summed E-state index contributed by atoms with van der Waals surface area (Å²) >= 11 is 0. The number of carbonyl (C=O) groups excluding carboxylic acids is 3. The molecule has 1 N–H and O–H groups in total. The first-order chi connectivity index (χ1) is 13.4. The Hall–Kier alpha value is -3.09. The number of amides is 2. The van der Waals surface area contributed by atoms with Gasteiger partial charge in [-0.25, -0.2) is 4.79 Å². The maximum atomic E-state index is 12.5. The van der Waals surface area contributed by atoms with Gasteiger partial charge in [0.1, 0.15) is 17.1 Å². The van der Waals surface area contributed by atoms with Gasteiger partial charge in [0.15, 0.2) is 0 Å². The van der Waals surface area contributed by atoms with Gasteiger partial charge >= 0.3 is 5.97 Å². The quantitative estimate of drug-likeness (QED) is 0.774. The van der Waals surface area contributed by atoms with Crippen LogP contribution in [0.5, 0.6) is 0 Å². The molecule has 2 aromatic rings. The zero-order valence-corrected chi connectivity index (χ0v) is 16.3. The molecular weight excluding hydrogens is 360 g/mol. The number of benzene rings is 1. The molecule has 1 aliphatic heterocycles. The number of aryl methyl sites for hydroxylation is 1. The van der Waals surface area contributed by atoms with Gasteiger partial charge in [-0.15, -0.1) is 0 Å². The van der Waals surface area contributed by atoms with Crippen LogP contribution in [-0.4, -0.2) is 36.8 Å². The fraction of sp³-hybridized carbons (Fsp3) is 0.381. The molecule has 1 aliphatic rings. The smallest absolute Gasteiger partial charge is 0.341 e. The number of para-hydroxylation sites is 1. The summed E-state index contributed by atoms with van der Waals surface area (Å²) in [5.74, 6) is 0.159. The molecule has 1 aromatic carbocycles. The van der Waals surface area contributed by atoms with Crippen LogP contribution in [0.25, 0.3) is 0 Å². The van der Waals surface area contributed by atoms with E-state index < -0.39 is 5.97 Å². The van der Waals surface area contributed by atoms with Crippen LogP contribution in [-0.2, 0) is 27.3 Å². The van der Waals surface area contributed by atoms with Gasteiger partial charge in [0, 0.05) is 25.1 Å². The highest BCUT2D eigenvalue weighted by Gasteiger charge is 2.27. The summed E-state index contributed by atoms with van der Waals surface area (Å²) in [7, 11) is 2.98. The van der Waals surface area contributed by atoms with Crippen LogP contribution in [0.15, 0.2) is 34.7 Å². The fourth-order valence-electron chi connectivity index (χ4n) is 3.39. The molecule has 7 heteroatoms. The molecule has 0 saturated heterocycles. The van der Waals surface area contributed by atoms with Crippen molar-refractivity contribution in [2.75, 3.05) is 19.5 Å². The van der Waals surface area contributed by atoms with Gasteiger partial charge < -0.3 is 19.4 Å². The summed E-state index contributed by atoms with van der Waals surface area (Å²) in [5.41, 5.74) is 2.30. The minimum absolute atomic E-state index is 0.0430. The van der Waals surface area contributed by atoms with Gasteiger partial charge in [0.05, 0.1) is 13.7 Å². The van der Waals surface area contributed by atoms with Crippen LogP contribution in [0.2, 0.25) is 0 Å². The highest BCUT2D eigenvalue weighted by Crippen LogP contribution is 2.27. The number of rotatable bonds is 6. The third-order valence-electron chi connectivity index (χ3n) is 5.01. The fourth-order valence-corrected chi connectivity index (χ4v) is 3.39. The highest BCUT2D eigenvalue weighted by atomic mass is 16.5. The Kier molecular flexibility index (Phi) is 5.82. The van der Waals surface area contributed by atoms with Crippen molar-refractivity contribution >= 4 is 23.5 Å². The molecule has 148 valence electrons.